The number of Topliss-reactive ketones (excluding diaryl/α,β-unsaturated/α-hetero) is 1. The van der Waals surface area contributed by atoms with Crippen LogP contribution in [0.4, 0.5) is 0 Å². The molecule has 0 saturated carbocycles. The number of hydrogen-bond donors (Lipinski definition) is 1. The number of amides is 1. The number of ether oxygens (including phenoxy) is 1. The van der Waals surface area contributed by atoms with Gasteiger partial charge in [-0.3, -0.25) is 14.6 Å². The molecule has 3 heterocycles. The minimum absolute atomic E-state index is 0.0460. The van der Waals surface area contributed by atoms with Gasteiger partial charge in [-0.25, -0.2) is 0 Å². The quantitative estimate of drug-likeness (QED) is 0.437. The molecule has 34 heavy (non-hydrogen) atoms. The van der Waals surface area contributed by atoms with E-state index in [9.17, 15) is 9.59 Å². The van der Waals surface area contributed by atoms with Gasteiger partial charge in [0.15, 0.2) is 5.78 Å². The van der Waals surface area contributed by atoms with Gasteiger partial charge < -0.3 is 14.6 Å². The van der Waals surface area contributed by atoms with Crippen molar-refractivity contribution in [2.75, 3.05) is 6.61 Å². The Morgan fingerprint density at radius 1 is 1.09 bits per heavy atom. The Morgan fingerprint density at radius 2 is 1.88 bits per heavy atom. The highest BCUT2D eigenvalue weighted by Gasteiger charge is 2.28. The number of ketones is 1. The zero-order valence-electron chi connectivity index (χ0n) is 20.2. The second-order valence-corrected chi connectivity index (χ2v) is 8.90. The van der Waals surface area contributed by atoms with Crippen LogP contribution in [0, 0.1) is 6.92 Å². The fraction of sp³-hybridized carbons (Fsp3) is 0.393. The van der Waals surface area contributed by atoms with Crippen LogP contribution in [0.3, 0.4) is 0 Å². The molecule has 1 aromatic carbocycles. The number of nitrogens with one attached hydrogen (secondary N) is 1. The van der Waals surface area contributed by atoms with Crippen molar-refractivity contribution in [3.8, 4) is 0 Å². The molecule has 0 bridgehead atoms. The summed E-state index contributed by atoms with van der Waals surface area (Å²) in [6.45, 7) is 7.53. The van der Waals surface area contributed by atoms with Gasteiger partial charge in [0.05, 0.1) is 36.2 Å². The second-order valence-electron chi connectivity index (χ2n) is 8.90. The molecule has 6 nitrogen and oxygen atoms in total. The normalized spacial score (nSPS) is 14.8. The highest BCUT2D eigenvalue weighted by Crippen LogP contribution is 2.28. The van der Waals surface area contributed by atoms with Crippen LogP contribution in [0.1, 0.15) is 88.4 Å². The predicted molar refractivity (Wildman–Crippen MR) is 132 cm³/mol. The third-order valence-electron chi connectivity index (χ3n) is 6.68. The Labute approximate surface area is 201 Å². The fourth-order valence-corrected chi connectivity index (χ4v) is 4.64. The third-order valence-corrected chi connectivity index (χ3v) is 6.68. The molecule has 0 radical (unpaired) electrons. The highest BCUT2D eigenvalue weighted by atomic mass is 16.5. The molecule has 1 aliphatic rings. The van der Waals surface area contributed by atoms with Crippen LogP contribution in [0.2, 0.25) is 0 Å². The van der Waals surface area contributed by atoms with E-state index in [1.165, 1.54) is 0 Å². The number of aromatic nitrogens is 2. The summed E-state index contributed by atoms with van der Waals surface area (Å²) in [7, 11) is 0. The lowest BCUT2D eigenvalue weighted by molar-refractivity contribution is 0.0780. The standard InChI is InChI=1S/C28H33N3O3/c1-4-20(22-12-11-19(3)29-17-22)15-27(32)25-16-23(26-18-34-14-13-31(25)26)28(33)30-24(5-2)21-9-7-6-8-10-21/h6-12,16-17,20,24H,4-5,13-15,18H2,1-3H3,(H,30,33)/t20-,24+/m0/s1. The maximum absolute atomic E-state index is 13.4. The van der Waals surface area contributed by atoms with Crippen molar-refractivity contribution < 1.29 is 14.3 Å². The van der Waals surface area contributed by atoms with Gasteiger partial charge in [-0.05, 0) is 48.9 Å². The molecule has 0 aliphatic carbocycles. The average Bonchev–Trinajstić information content (AvgIpc) is 3.27. The van der Waals surface area contributed by atoms with Crippen LogP contribution in [-0.2, 0) is 17.9 Å². The lowest BCUT2D eigenvalue weighted by Crippen LogP contribution is -2.29. The number of rotatable bonds is 9. The van der Waals surface area contributed by atoms with Gasteiger partial charge in [0.1, 0.15) is 0 Å². The molecule has 0 fully saturated rings. The van der Waals surface area contributed by atoms with Crippen molar-refractivity contribution >= 4 is 11.7 Å². The van der Waals surface area contributed by atoms with Crippen LogP contribution in [0.25, 0.3) is 0 Å². The van der Waals surface area contributed by atoms with Crippen LogP contribution in [0.15, 0.2) is 54.7 Å². The first-order chi connectivity index (χ1) is 16.5. The first-order valence-corrected chi connectivity index (χ1v) is 12.1. The van der Waals surface area contributed by atoms with Crippen molar-refractivity contribution in [2.24, 2.45) is 0 Å². The van der Waals surface area contributed by atoms with E-state index < -0.39 is 0 Å². The minimum atomic E-state index is -0.168. The average molecular weight is 460 g/mol. The van der Waals surface area contributed by atoms with Crippen LogP contribution >= 0.6 is 0 Å². The van der Waals surface area contributed by atoms with E-state index in [-0.39, 0.29) is 23.7 Å². The van der Waals surface area contributed by atoms with Gasteiger partial charge in [-0.15, -0.1) is 0 Å². The number of benzene rings is 1. The topological polar surface area (TPSA) is 73.2 Å². The number of carbonyl (C=O) groups excluding carboxylic acids is 2. The Kier molecular flexibility index (Phi) is 7.58. The molecule has 178 valence electrons. The molecule has 0 saturated heterocycles. The molecule has 2 aromatic heterocycles. The molecule has 0 spiro atoms. The van der Waals surface area contributed by atoms with Gasteiger partial charge >= 0.3 is 0 Å². The van der Waals surface area contributed by atoms with Crippen molar-refractivity contribution in [3.63, 3.8) is 0 Å². The maximum Gasteiger partial charge on any atom is 0.253 e. The van der Waals surface area contributed by atoms with Crippen molar-refractivity contribution in [1.29, 1.82) is 0 Å². The van der Waals surface area contributed by atoms with E-state index in [0.29, 0.717) is 37.4 Å². The molecule has 6 heteroatoms. The molecule has 1 amide bonds. The molecular formula is C28H33N3O3. The molecule has 3 aromatic rings. The fourth-order valence-electron chi connectivity index (χ4n) is 4.64. The summed E-state index contributed by atoms with van der Waals surface area (Å²) in [6, 6.07) is 15.7. The van der Waals surface area contributed by atoms with Crippen LogP contribution in [0.5, 0.6) is 0 Å². The van der Waals surface area contributed by atoms with Crippen molar-refractivity contribution in [3.05, 3.63) is 88.5 Å². The largest absolute Gasteiger partial charge is 0.373 e. The maximum atomic E-state index is 13.4. The smallest absolute Gasteiger partial charge is 0.253 e. The molecule has 0 unspecified atom stereocenters. The highest BCUT2D eigenvalue weighted by molar-refractivity contribution is 6.01. The van der Waals surface area contributed by atoms with Crippen LogP contribution in [-0.4, -0.2) is 27.8 Å². The van der Waals surface area contributed by atoms with Crippen molar-refractivity contribution in [1.82, 2.24) is 14.9 Å². The number of pyridine rings is 1. The number of carbonyl (C=O) groups is 2. The first-order valence-electron chi connectivity index (χ1n) is 12.1. The summed E-state index contributed by atoms with van der Waals surface area (Å²) in [5.74, 6) is -0.0325. The summed E-state index contributed by atoms with van der Waals surface area (Å²) in [6.07, 6.45) is 3.87. The number of hydrogen-bond acceptors (Lipinski definition) is 4. The number of aryl methyl sites for hydroxylation is 1. The zero-order valence-corrected chi connectivity index (χ0v) is 20.2. The predicted octanol–water partition coefficient (Wildman–Crippen LogP) is 5.37. The summed E-state index contributed by atoms with van der Waals surface area (Å²) in [5, 5.41) is 3.16. The van der Waals surface area contributed by atoms with Gasteiger partial charge in [0, 0.05) is 24.9 Å². The summed E-state index contributed by atoms with van der Waals surface area (Å²) in [4.78, 5) is 31.2. The van der Waals surface area contributed by atoms with E-state index in [1.807, 2.05) is 54.1 Å². The summed E-state index contributed by atoms with van der Waals surface area (Å²) in [5.41, 5.74) is 5.00. The van der Waals surface area contributed by atoms with Gasteiger partial charge in [0.2, 0.25) is 0 Å². The summed E-state index contributed by atoms with van der Waals surface area (Å²) < 4.78 is 7.63. The monoisotopic (exact) mass is 459 g/mol. The second kappa shape index (κ2) is 10.8. The minimum Gasteiger partial charge on any atom is -0.373 e. The Morgan fingerprint density at radius 3 is 2.56 bits per heavy atom. The summed E-state index contributed by atoms with van der Waals surface area (Å²) >= 11 is 0. The van der Waals surface area contributed by atoms with Crippen LogP contribution < -0.4 is 5.32 Å². The molecule has 2 atom stereocenters. The third kappa shape index (κ3) is 5.12. The van der Waals surface area contributed by atoms with Gasteiger partial charge in [-0.2, -0.15) is 0 Å². The zero-order chi connectivity index (χ0) is 24.1. The SMILES string of the molecule is CC[C@@H](CC(=O)c1cc(C(=O)N[C@H](CC)c2ccccc2)c2n1CCOC2)c1ccc(C)nc1. The van der Waals surface area contributed by atoms with E-state index in [4.69, 9.17) is 4.74 Å². The Balaban J connectivity index is 1.58. The lowest BCUT2D eigenvalue weighted by atomic mass is 9.91. The molecule has 1 N–H and O–H groups in total. The van der Waals surface area contributed by atoms with E-state index in [1.54, 1.807) is 6.07 Å². The first kappa shape index (κ1) is 23.9. The molecular weight excluding hydrogens is 426 g/mol. The number of fused-ring (bicyclic) bond motifs is 1. The lowest BCUT2D eigenvalue weighted by Gasteiger charge is -2.21. The van der Waals surface area contributed by atoms with Crippen molar-refractivity contribution in [2.45, 2.75) is 65.1 Å². The molecule has 4 rings (SSSR count). The molecule has 1 aliphatic heterocycles. The van der Waals surface area contributed by atoms with E-state index in [0.717, 1.165) is 35.4 Å². The Bertz CT molecular complexity index is 1140. The Hall–Kier alpha value is -3.25. The van der Waals surface area contributed by atoms with Gasteiger partial charge in [-0.1, -0.05) is 50.2 Å². The number of nitrogens with zero attached hydrogens (tertiary/aromatic N) is 2. The van der Waals surface area contributed by atoms with E-state index >= 15 is 0 Å². The van der Waals surface area contributed by atoms with Gasteiger partial charge in [0.25, 0.3) is 5.91 Å². The van der Waals surface area contributed by atoms with E-state index in [2.05, 4.69) is 30.2 Å².